The zero-order chi connectivity index (χ0) is 20.2. The van der Waals surface area contributed by atoms with Gasteiger partial charge in [-0.05, 0) is 81.4 Å². The van der Waals surface area contributed by atoms with Crippen LogP contribution in [0.25, 0.3) is 10.2 Å². The molecule has 0 saturated heterocycles. The van der Waals surface area contributed by atoms with Crippen molar-refractivity contribution in [3.05, 3.63) is 28.0 Å². The van der Waals surface area contributed by atoms with E-state index >= 15 is 0 Å². The second kappa shape index (κ2) is 7.24. The van der Waals surface area contributed by atoms with Gasteiger partial charge in [-0.25, -0.2) is 0 Å². The first kappa shape index (κ1) is 19.3. The number of halogens is 1. The van der Waals surface area contributed by atoms with Crippen LogP contribution in [-0.2, 0) is 20.9 Å². The van der Waals surface area contributed by atoms with Crippen molar-refractivity contribution < 1.29 is 14.3 Å². The second-order valence-electron chi connectivity index (χ2n) is 9.00. The number of esters is 1. The summed E-state index contributed by atoms with van der Waals surface area (Å²) in [6, 6.07) is 5.53. The highest BCUT2D eigenvalue weighted by Gasteiger charge is 2.54. The molecule has 0 unspecified atom stereocenters. The van der Waals surface area contributed by atoms with Gasteiger partial charge in [-0.3, -0.25) is 9.59 Å². The molecule has 154 valence electrons. The summed E-state index contributed by atoms with van der Waals surface area (Å²) in [5.41, 5.74) is 0.564. The molecule has 4 fully saturated rings. The summed E-state index contributed by atoms with van der Waals surface area (Å²) >= 11 is 7.57. The van der Waals surface area contributed by atoms with Crippen LogP contribution in [0.5, 0.6) is 0 Å². The smallest absolute Gasteiger partial charge is 0.326 e. The van der Waals surface area contributed by atoms with E-state index in [0.29, 0.717) is 34.2 Å². The van der Waals surface area contributed by atoms with Crippen molar-refractivity contribution in [1.82, 2.24) is 4.57 Å². The van der Waals surface area contributed by atoms with Crippen LogP contribution in [0.15, 0.2) is 23.2 Å². The van der Waals surface area contributed by atoms with Crippen molar-refractivity contribution >= 4 is 45.0 Å². The van der Waals surface area contributed by atoms with Gasteiger partial charge in [0.1, 0.15) is 6.54 Å². The SMILES string of the molecule is CCOC(=O)Cn1c(=NC(=O)C23CC4CC(CC(C4)C2)C3)sc2cc(Cl)ccc21. The maximum absolute atomic E-state index is 13.5. The molecule has 1 aromatic carbocycles. The number of benzene rings is 1. The molecule has 4 saturated carbocycles. The molecular formula is C22H25ClN2O3S. The Hall–Kier alpha value is -1.66. The first-order valence-electron chi connectivity index (χ1n) is 10.5. The molecule has 1 aromatic heterocycles. The molecular weight excluding hydrogens is 408 g/mol. The highest BCUT2D eigenvalue weighted by molar-refractivity contribution is 7.16. The lowest BCUT2D eigenvalue weighted by Crippen LogP contribution is -2.50. The normalized spacial score (nSPS) is 30.8. The Kier molecular flexibility index (Phi) is 4.82. The van der Waals surface area contributed by atoms with Crippen LogP contribution in [-0.4, -0.2) is 23.1 Å². The monoisotopic (exact) mass is 432 g/mol. The largest absolute Gasteiger partial charge is 0.465 e. The lowest BCUT2D eigenvalue weighted by atomic mass is 9.49. The van der Waals surface area contributed by atoms with Gasteiger partial charge in [0.15, 0.2) is 4.80 Å². The van der Waals surface area contributed by atoms with Crippen LogP contribution in [0.4, 0.5) is 0 Å². The Morgan fingerprint density at radius 3 is 2.48 bits per heavy atom. The Labute approximate surface area is 178 Å². The van der Waals surface area contributed by atoms with Crippen molar-refractivity contribution in [2.24, 2.45) is 28.2 Å². The van der Waals surface area contributed by atoms with Gasteiger partial charge in [0.05, 0.1) is 22.2 Å². The molecule has 1 amide bonds. The van der Waals surface area contributed by atoms with E-state index < -0.39 is 0 Å². The van der Waals surface area contributed by atoms with Crippen LogP contribution in [0, 0.1) is 23.2 Å². The third-order valence-electron chi connectivity index (χ3n) is 6.93. The highest BCUT2D eigenvalue weighted by atomic mass is 35.5. The van der Waals surface area contributed by atoms with Gasteiger partial charge in [-0.1, -0.05) is 22.9 Å². The van der Waals surface area contributed by atoms with Crippen LogP contribution in [0.2, 0.25) is 5.02 Å². The molecule has 5 nitrogen and oxygen atoms in total. The van der Waals surface area contributed by atoms with Crippen molar-refractivity contribution in [2.75, 3.05) is 6.61 Å². The molecule has 2 aromatic rings. The summed E-state index contributed by atoms with van der Waals surface area (Å²) in [6.45, 7) is 2.16. The number of carbonyl (C=O) groups is 2. The summed E-state index contributed by atoms with van der Waals surface area (Å²) in [6.07, 6.45) is 6.81. The molecule has 0 N–H and O–H groups in total. The van der Waals surface area contributed by atoms with Crippen LogP contribution in [0.1, 0.15) is 45.4 Å². The Balaban J connectivity index is 1.56. The fourth-order valence-corrected chi connectivity index (χ4v) is 7.50. The summed E-state index contributed by atoms with van der Waals surface area (Å²) in [7, 11) is 0. The summed E-state index contributed by atoms with van der Waals surface area (Å²) < 4.78 is 7.85. The lowest BCUT2D eigenvalue weighted by Gasteiger charge is -2.55. The molecule has 4 aliphatic carbocycles. The number of rotatable bonds is 4. The molecule has 1 heterocycles. The van der Waals surface area contributed by atoms with E-state index in [-0.39, 0.29) is 23.8 Å². The summed E-state index contributed by atoms with van der Waals surface area (Å²) in [5.74, 6) is 1.74. The molecule has 0 spiro atoms. The lowest BCUT2D eigenvalue weighted by molar-refractivity contribution is -0.144. The molecule has 4 aliphatic rings. The number of aromatic nitrogens is 1. The van der Waals surface area contributed by atoms with E-state index in [4.69, 9.17) is 16.3 Å². The number of hydrogen-bond acceptors (Lipinski definition) is 4. The summed E-state index contributed by atoms with van der Waals surface area (Å²) in [4.78, 5) is 30.8. The highest BCUT2D eigenvalue weighted by Crippen LogP contribution is 2.60. The Morgan fingerprint density at radius 1 is 1.21 bits per heavy atom. The number of thiazole rings is 1. The van der Waals surface area contributed by atoms with E-state index in [1.54, 1.807) is 17.6 Å². The fourth-order valence-electron chi connectivity index (χ4n) is 6.20. The van der Waals surface area contributed by atoms with Gasteiger partial charge in [0, 0.05) is 5.02 Å². The molecule has 7 heteroatoms. The Bertz CT molecular complexity index is 1020. The number of amides is 1. The van der Waals surface area contributed by atoms with E-state index in [1.807, 2.05) is 12.1 Å². The average Bonchev–Trinajstić information content (AvgIpc) is 2.97. The Morgan fingerprint density at radius 2 is 1.86 bits per heavy atom. The standard InChI is InChI=1S/C22H25ClN2O3S/c1-2-28-19(26)12-25-17-4-3-16(23)8-18(17)29-21(25)24-20(27)22-9-13-5-14(10-22)7-15(6-13)11-22/h3-4,8,13-15H,2,5-7,9-12H2,1H3. The summed E-state index contributed by atoms with van der Waals surface area (Å²) in [5, 5.41) is 0.626. The number of fused-ring (bicyclic) bond motifs is 1. The third kappa shape index (κ3) is 3.44. The van der Waals surface area contributed by atoms with Crippen molar-refractivity contribution in [3.8, 4) is 0 Å². The number of hydrogen-bond donors (Lipinski definition) is 0. The number of nitrogens with zero attached hydrogens (tertiary/aromatic N) is 2. The van der Waals surface area contributed by atoms with Crippen molar-refractivity contribution in [2.45, 2.75) is 52.0 Å². The fraction of sp³-hybridized carbons (Fsp3) is 0.591. The van der Waals surface area contributed by atoms with Gasteiger partial charge < -0.3 is 9.30 Å². The van der Waals surface area contributed by atoms with E-state index in [1.165, 1.54) is 30.6 Å². The van der Waals surface area contributed by atoms with Gasteiger partial charge in [0.25, 0.3) is 5.91 Å². The van der Waals surface area contributed by atoms with Gasteiger partial charge >= 0.3 is 5.97 Å². The maximum atomic E-state index is 13.5. The first-order valence-corrected chi connectivity index (χ1v) is 11.7. The number of carbonyl (C=O) groups excluding carboxylic acids is 2. The quantitative estimate of drug-likeness (QED) is 0.665. The van der Waals surface area contributed by atoms with E-state index in [9.17, 15) is 9.59 Å². The molecule has 6 rings (SSSR count). The van der Waals surface area contributed by atoms with Gasteiger partial charge in [0.2, 0.25) is 0 Å². The molecule has 0 radical (unpaired) electrons. The predicted molar refractivity (Wildman–Crippen MR) is 113 cm³/mol. The third-order valence-corrected chi connectivity index (χ3v) is 8.20. The molecule has 29 heavy (non-hydrogen) atoms. The topological polar surface area (TPSA) is 60.7 Å². The minimum Gasteiger partial charge on any atom is -0.465 e. The van der Waals surface area contributed by atoms with Gasteiger partial charge in [-0.2, -0.15) is 4.99 Å². The minimum absolute atomic E-state index is 0.00635. The van der Waals surface area contributed by atoms with Crippen molar-refractivity contribution in [1.29, 1.82) is 0 Å². The predicted octanol–water partition coefficient (Wildman–Crippen LogP) is 4.56. The molecule has 4 bridgehead atoms. The van der Waals surface area contributed by atoms with Gasteiger partial charge in [-0.15, -0.1) is 0 Å². The van der Waals surface area contributed by atoms with Crippen LogP contribution >= 0.6 is 22.9 Å². The van der Waals surface area contributed by atoms with E-state index in [0.717, 1.165) is 29.5 Å². The molecule has 0 aliphatic heterocycles. The zero-order valence-electron chi connectivity index (χ0n) is 16.5. The van der Waals surface area contributed by atoms with Crippen LogP contribution < -0.4 is 4.80 Å². The second-order valence-corrected chi connectivity index (χ2v) is 10.4. The number of ether oxygens (including phenoxy) is 1. The van der Waals surface area contributed by atoms with E-state index in [2.05, 4.69) is 4.99 Å². The maximum Gasteiger partial charge on any atom is 0.326 e. The zero-order valence-corrected chi connectivity index (χ0v) is 18.1. The minimum atomic E-state index is -0.328. The van der Waals surface area contributed by atoms with Crippen molar-refractivity contribution in [3.63, 3.8) is 0 Å². The molecule has 0 atom stereocenters. The van der Waals surface area contributed by atoms with Crippen LogP contribution in [0.3, 0.4) is 0 Å². The average molecular weight is 433 g/mol. The first-order chi connectivity index (χ1) is 14.0.